The molecule has 1 saturated heterocycles. The van der Waals surface area contributed by atoms with Gasteiger partial charge in [0.1, 0.15) is 18.4 Å². The van der Waals surface area contributed by atoms with Gasteiger partial charge in [0.05, 0.1) is 23.0 Å². The van der Waals surface area contributed by atoms with Crippen molar-refractivity contribution in [3.8, 4) is 0 Å². The van der Waals surface area contributed by atoms with Crippen LogP contribution in [0, 0.1) is 11.3 Å². The number of aliphatic carboxylic acids is 1. The van der Waals surface area contributed by atoms with Crippen molar-refractivity contribution < 1.29 is 33.9 Å². The minimum absolute atomic E-state index is 0.0948. The number of carboxylic acid groups (broad SMARTS) is 1. The van der Waals surface area contributed by atoms with Gasteiger partial charge in [-0.1, -0.05) is 39.3 Å². The fourth-order valence-electron chi connectivity index (χ4n) is 5.27. The lowest BCUT2D eigenvalue weighted by atomic mass is 9.84. The van der Waals surface area contributed by atoms with Gasteiger partial charge in [0.15, 0.2) is 0 Å². The highest BCUT2D eigenvalue weighted by Gasteiger charge is 2.53. The summed E-state index contributed by atoms with van der Waals surface area (Å²) < 4.78 is 0. The van der Waals surface area contributed by atoms with Crippen LogP contribution in [0.4, 0.5) is 5.69 Å². The monoisotopic (exact) mass is 562 g/mol. The Bertz CT molecular complexity index is 1170. The van der Waals surface area contributed by atoms with Crippen LogP contribution in [0.1, 0.15) is 70.2 Å². The van der Waals surface area contributed by atoms with Gasteiger partial charge in [-0.3, -0.25) is 24.0 Å². The minimum Gasteiger partial charge on any atom is -0.481 e. The first-order valence-electron chi connectivity index (χ1n) is 13.0. The molecule has 1 aliphatic carbocycles. The number of rotatable bonds is 10. The zero-order chi connectivity index (χ0) is 29.1. The van der Waals surface area contributed by atoms with Crippen LogP contribution in [0.2, 0.25) is 5.02 Å². The van der Waals surface area contributed by atoms with E-state index in [0.29, 0.717) is 24.8 Å². The SMILES string of the molecule is CCC(=O)Nc1ccc(C(=O)N[C@H](C(=O)N2C3CC[C@@H](C3)C2C(=O)NC(C=O)CC(=O)O)C(C)(C)C)c(Cl)c1. The summed E-state index contributed by atoms with van der Waals surface area (Å²) in [6, 6.07) is 1.15. The summed E-state index contributed by atoms with van der Waals surface area (Å²) >= 11 is 6.34. The molecule has 0 aromatic heterocycles. The molecule has 3 rings (SSSR count). The molecule has 2 fully saturated rings. The van der Waals surface area contributed by atoms with Crippen molar-refractivity contribution in [2.45, 2.75) is 84.0 Å². The first kappa shape index (κ1) is 30.1. The van der Waals surface area contributed by atoms with Crippen LogP contribution >= 0.6 is 11.6 Å². The number of halogens is 1. The van der Waals surface area contributed by atoms with Gasteiger partial charge in [0.25, 0.3) is 5.91 Å². The maximum atomic E-state index is 14.0. The van der Waals surface area contributed by atoms with Gasteiger partial charge in [-0.25, -0.2) is 0 Å². The maximum absolute atomic E-state index is 14.0. The lowest BCUT2D eigenvalue weighted by Crippen LogP contribution is -2.61. The third-order valence-electron chi connectivity index (χ3n) is 7.20. The number of nitrogens with zero attached hydrogens (tertiary/aromatic N) is 1. The molecule has 3 unspecified atom stereocenters. The fraction of sp³-hybridized carbons (Fsp3) is 0.556. The van der Waals surface area contributed by atoms with E-state index in [0.717, 1.165) is 6.42 Å². The standard InChI is InChI=1S/C27H35ClN4O7/c1-5-20(34)29-15-7-9-18(19(28)11-15)24(37)31-23(27(2,3)4)26(39)32-17-8-6-14(10-17)22(32)25(38)30-16(13-33)12-21(35)36/h7,9,11,13-14,16-17,22-23H,5-6,8,10,12H2,1-4H3,(H,29,34)(H,30,38)(H,31,37)(H,35,36)/t14-,16?,17?,22?,23+/m0/s1. The molecule has 11 nitrogen and oxygen atoms in total. The summed E-state index contributed by atoms with van der Waals surface area (Å²) in [6.07, 6.45) is 2.12. The van der Waals surface area contributed by atoms with E-state index in [1.807, 2.05) is 0 Å². The number of carboxylic acids is 1. The third kappa shape index (κ3) is 6.95. The smallest absolute Gasteiger partial charge is 0.305 e. The number of hydrogen-bond acceptors (Lipinski definition) is 6. The van der Waals surface area contributed by atoms with Crippen LogP contribution in [0.15, 0.2) is 18.2 Å². The number of aldehydes is 1. The molecule has 1 heterocycles. The Kier molecular flexibility index (Phi) is 9.37. The highest BCUT2D eigenvalue weighted by atomic mass is 35.5. The number of anilines is 1. The summed E-state index contributed by atoms with van der Waals surface area (Å²) in [5, 5.41) is 17.0. The molecule has 1 saturated carbocycles. The minimum atomic E-state index is -1.23. The predicted molar refractivity (Wildman–Crippen MR) is 143 cm³/mol. The van der Waals surface area contributed by atoms with Gasteiger partial charge < -0.3 is 30.8 Å². The average Bonchev–Trinajstić information content (AvgIpc) is 3.47. The van der Waals surface area contributed by atoms with Crippen LogP contribution in [0.5, 0.6) is 0 Å². The average molecular weight is 563 g/mol. The van der Waals surface area contributed by atoms with Crippen LogP contribution in [-0.4, -0.2) is 70.1 Å². The second-order valence-electron chi connectivity index (χ2n) is 11.1. The van der Waals surface area contributed by atoms with E-state index in [-0.39, 0.29) is 34.9 Å². The largest absolute Gasteiger partial charge is 0.481 e. The number of piperidine rings is 1. The molecule has 212 valence electrons. The normalized spacial score (nSPS) is 21.6. The van der Waals surface area contributed by atoms with Gasteiger partial charge in [0, 0.05) is 18.2 Å². The van der Waals surface area contributed by atoms with E-state index in [1.165, 1.54) is 17.0 Å². The Hall–Kier alpha value is -3.47. The summed E-state index contributed by atoms with van der Waals surface area (Å²) in [6.45, 7) is 7.08. The molecule has 1 aromatic rings. The molecule has 0 radical (unpaired) electrons. The predicted octanol–water partition coefficient (Wildman–Crippen LogP) is 2.37. The Morgan fingerprint density at radius 1 is 1.15 bits per heavy atom. The Morgan fingerprint density at radius 3 is 2.41 bits per heavy atom. The molecule has 0 spiro atoms. The first-order chi connectivity index (χ1) is 18.3. The van der Waals surface area contributed by atoms with Crippen molar-refractivity contribution in [3.05, 3.63) is 28.8 Å². The van der Waals surface area contributed by atoms with Crippen molar-refractivity contribution in [1.29, 1.82) is 0 Å². The molecule has 1 aliphatic heterocycles. The van der Waals surface area contributed by atoms with Gasteiger partial charge in [-0.2, -0.15) is 0 Å². The highest BCUT2D eigenvalue weighted by molar-refractivity contribution is 6.34. The summed E-state index contributed by atoms with van der Waals surface area (Å²) in [7, 11) is 0. The lowest BCUT2D eigenvalue weighted by molar-refractivity contribution is -0.147. The number of benzene rings is 1. The second kappa shape index (κ2) is 12.1. The molecule has 12 heteroatoms. The van der Waals surface area contributed by atoms with E-state index in [9.17, 15) is 28.8 Å². The van der Waals surface area contributed by atoms with E-state index >= 15 is 0 Å². The van der Waals surface area contributed by atoms with Crippen molar-refractivity contribution in [2.24, 2.45) is 11.3 Å². The van der Waals surface area contributed by atoms with Gasteiger partial charge in [0.2, 0.25) is 17.7 Å². The van der Waals surface area contributed by atoms with E-state index in [4.69, 9.17) is 16.7 Å². The van der Waals surface area contributed by atoms with Crippen molar-refractivity contribution >= 4 is 53.2 Å². The van der Waals surface area contributed by atoms with Gasteiger partial charge in [-0.15, -0.1) is 0 Å². The molecule has 2 aliphatic rings. The molecule has 2 bridgehead atoms. The highest BCUT2D eigenvalue weighted by Crippen LogP contribution is 2.43. The van der Waals surface area contributed by atoms with E-state index in [1.54, 1.807) is 33.8 Å². The molecule has 4 amide bonds. The van der Waals surface area contributed by atoms with Crippen LogP contribution in [0.3, 0.4) is 0 Å². The van der Waals surface area contributed by atoms with Gasteiger partial charge in [-0.05, 0) is 48.8 Å². The third-order valence-corrected chi connectivity index (χ3v) is 7.51. The number of likely N-dealkylation sites (tertiary alicyclic amines) is 1. The second-order valence-corrected chi connectivity index (χ2v) is 11.5. The van der Waals surface area contributed by atoms with Crippen LogP contribution in [-0.2, 0) is 24.0 Å². The van der Waals surface area contributed by atoms with Gasteiger partial charge >= 0.3 is 5.97 Å². The molecule has 39 heavy (non-hydrogen) atoms. The Labute approximate surface area is 232 Å². The molecule has 5 atom stereocenters. The van der Waals surface area contributed by atoms with Crippen LogP contribution < -0.4 is 16.0 Å². The first-order valence-corrected chi connectivity index (χ1v) is 13.3. The topological polar surface area (TPSA) is 162 Å². The number of hydrogen-bond donors (Lipinski definition) is 4. The van der Waals surface area contributed by atoms with E-state index < -0.39 is 53.7 Å². The number of amides is 4. The fourth-order valence-corrected chi connectivity index (χ4v) is 5.53. The lowest BCUT2D eigenvalue weighted by Gasteiger charge is -2.40. The number of carbonyl (C=O) groups excluding carboxylic acids is 5. The summed E-state index contributed by atoms with van der Waals surface area (Å²) in [4.78, 5) is 76.0. The molecular formula is C27H35ClN4O7. The molecular weight excluding hydrogens is 528 g/mol. The maximum Gasteiger partial charge on any atom is 0.305 e. The quantitative estimate of drug-likeness (QED) is 0.318. The molecule has 1 aromatic carbocycles. The Morgan fingerprint density at radius 2 is 1.85 bits per heavy atom. The zero-order valence-corrected chi connectivity index (χ0v) is 23.2. The zero-order valence-electron chi connectivity index (χ0n) is 22.5. The van der Waals surface area contributed by atoms with Crippen LogP contribution in [0.25, 0.3) is 0 Å². The van der Waals surface area contributed by atoms with E-state index in [2.05, 4.69) is 16.0 Å². The molecule has 4 N–H and O–H groups in total. The van der Waals surface area contributed by atoms with Crippen molar-refractivity contribution in [2.75, 3.05) is 5.32 Å². The van der Waals surface area contributed by atoms with Crippen molar-refractivity contribution in [1.82, 2.24) is 15.5 Å². The summed E-state index contributed by atoms with van der Waals surface area (Å²) in [5.41, 5.74) is -0.190. The summed E-state index contributed by atoms with van der Waals surface area (Å²) in [5.74, 6) is -3.18. The number of fused-ring (bicyclic) bond motifs is 2. The Balaban J connectivity index is 1.83. The number of nitrogens with one attached hydrogen (secondary N) is 3. The number of carbonyl (C=O) groups is 6. The van der Waals surface area contributed by atoms with Crippen molar-refractivity contribution in [3.63, 3.8) is 0 Å².